The van der Waals surface area contributed by atoms with Crippen molar-refractivity contribution in [3.8, 4) is 0 Å². The summed E-state index contributed by atoms with van der Waals surface area (Å²) in [4.78, 5) is 14.7. The zero-order valence-corrected chi connectivity index (χ0v) is 7.37. The van der Waals surface area contributed by atoms with E-state index < -0.39 is 0 Å². The molecule has 64 valence electrons. The molecule has 0 spiro atoms. The zero-order chi connectivity index (χ0) is 8.97. The van der Waals surface area contributed by atoms with Gasteiger partial charge in [0.25, 0.3) is 0 Å². The van der Waals surface area contributed by atoms with Gasteiger partial charge in [0.1, 0.15) is 0 Å². The summed E-state index contributed by atoms with van der Waals surface area (Å²) in [6.07, 6.45) is 3.60. The van der Waals surface area contributed by atoms with Gasteiger partial charge in [0.2, 0.25) is 5.70 Å². The normalized spacial score (nSPS) is 11.6. The van der Waals surface area contributed by atoms with E-state index in [0.717, 1.165) is 4.88 Å². The first-order valence-corrected chi connectivity index (χ1v) is 4.35. The molecule has 0 aliphatic heterocycles. The number of thiazole rings is 1. The van der Waals surface area contributed by atoms with Crippen molar-refractivity contribution >= 4 is 17.4 Å². The molecule has 1 aromatic heterocycles. The van der Waals surface area contributed by atoms with Crippen LogP contribution in [0.3, 0.4) is 0 Å². The van der Waals surface area contributed by atoms with Crippen LogP contribution in [0.15, 0.2) is 17.4 Å². The minimum absolute atomic E-state index is 0.222. The van der Waals surface area contributed by atoms with E-state index in [2.05, 4.69) is 4.98 Å². The van der Waals surface area contributed by atoms with Gasteiger partial charge in [-0.3, -0.25) is 15.1 Å². The monoisotopic (exact) mass is 184 g/mol. The molecule has 0 saturated carbocycles. The molecule has 5 heteroatoms. The van der Waals surface area contributed by atoms with E-state index in [0.29, 0.717) is 6.42 Å². The fraction of sp³-hybridized carbons (Fsp3) is 0.286. The molecule has 0 saturated heterocycles. The van der Waals surface area contributed by atoms with Gasteiger partial charge in [-0.15, -0.1) is 11.3 Å². The predicted octanol–water partition coefficient (Wildman–Crippen LogP) is 2.17. The molecule has 0 unspecified atom stereocenters. The van der Waals surface area contributed by atoms with Crippen LogP contribution in [0.2, 0.25) is 0 Å². The maximum Gasteiger partial charge on any atom is 0.247 e. The molecule has 0 radical (unpaired) electrons. The van der Waals surface area contributed by atoms with Crippen molar-refractivity contribution < 1.29 is 4.92 Å². The van der Waals surface area contributed by atoms with Gasteiger partial charge in [-0.05, 0) is 0 Å². The Morgan fingerprint density at radius 2 is 2.67 bits per heavy atom. The molecule has 0 atom stereocenters. The van der Waals surface area contributed by atoms with Crippen molar-refractivity contribution in [3.63, 3.8) is 0 Å². The summed E-state index contributed by atoms with van der Waals surface area (Å²) in [7, 11) is 0. The van der Waals surface area contributed by atoms with Gasteiger partial charge in [-0.1, -0.05) is 6.92 Å². The lowest BCUT2D eigenvalue weighted by atomic mass is 10.3. The topological polar surface area (TPSA) is 56.0 Å². The molecule has 12 heavy (non-hydrogen) atoms. The number of nitro groups is 1. The van der Waals surface area contributed by atoms with Gasteiger partial charge in [0, 0.05) is 18.7 Å². The van der Waals surface area contributed by atoms with Crippen molar-refractivity contribution in [2.24, 2.45) is 0 Å². The highest BCUT2D eigenvalue weighted by molar-refractivity contribution is 7.10. The molecule has 0 aromatic carbocycles. The van der Waals surface area contributed by atoms with Gasteiger partial charge in [0.05, 0.1) is 15.3 Å². The number of nitrogens with zero attached hydrogens (tertiary/aromatic N) is 2. The standard InChI is InChI=1S/C7H8N2O2S/c1-2-6(9(10)11)3-7-4-8-5-12-7/h3-5H,2H2,1H3. The smallest absolute Gasteiger partial charge is 0.247 e. The number of rotatable bonds is 3. The molecule has 0 aliphatic rings. The average Bonchev–Trinajstić information content (AvgIpc) is 2.51. The fourth-order valence-electron chi connectivity index (χ4n) is 0.745. The number of aromatic nitrogens is 1. The molecule has 0 aliphatic carbocycles. The highest BCUT2D eigenvalue weighted by Gasteiger charge is 2.06. The lowest BCUT2D eigenvalue weighted by Crippen LogP contribution is -1.95. The van der Waals surface area contributed by atoms with E-state index in [4.69, 9.17) is 0 Å². The van der Waals surface area contributed by atoms with Crippen LogP contribution < -0.4 is 0 Å². The molecule has 4 nitrogen and oxygen atoms in total. The second-order valence-electron chi connectivity index (χ2n) is 2.15. The van der Waals surface area contributed by atoms with Crippen LogP contribution in [0.25, 0.3) is 6.08 Å². The van der Waals surface area contributed by atoms with Crippen molar-refractivity contribution in [2.75, 3.05) is 0 Å². The molecule has 0 bridgehead atoms. The third kappa shape index (κ3) is 2.13. The highest BCUT2D eigenvalue weighted by Crippen LogP contribution is 2.13. The fourth-order valence-corrected chi connectivity index (χ4v) is 1.31. The van der Waals surface area contributed by atoms with Gasteiger partial charge in [0.15, 0.2) is 0 Å². The SMILES string of the molecule is CCC(=Cc1cncs1)[N+](=O)[O-]. The first-order valence-electron chi connectivity index (χ1n) is 3.47. The minimum atomic E-state index is -0.361. The van der Waals surface area contributed by atoms with Crippen LogP contribution in [0, 0.1) is 10.1 Å². The second-order valence-corrected chi connectivity index (χ2v) is 3.07. The second kappa shape index (κ2) is 3.96. The van der Waals surface area contributed by atoms with E-state index in [9.17, 15) is 10.1 Å². The van der Waals surface area contributed by atoms with Gasteiger partial charge in [-0.25, -0.2) is 0 Å². The first kappa shape index (κ1) is 8.86. The van der Waals surface area contributed by atoms with Crippen molar-refractivity contribution in [1.82, 2.24) is 4.98 Å². The van der Waals surface area contributed by atoms with E-state index in [1.807, 2.05) is 0 Å². The summed E-state index contributed by atoms with van der Waals surface area (Å²) in [5.74, 6) is 0. The lowest BCUT2D eigenvalue weighted by Gasteiger charge is -1.90. The first-order chi connectivity index (χ1) is 5.74. The van der Waals surface area contributed by atoms with Crippen LogP contribution >= 0.6 is 11.3 Å². The Hall–Kier alpha value is -1.23. The van der Waals surface area contributed by atoms with E-state index in [1.54, 1.807) is 24.7 Å². The summed E-state index contributed by atoms with van der Waals surface area (Å²) >= 11 is 1.39. The Labute approximate surface area is 73.7 Å². The van der Waals surface area contributed by atoms with Gasteiger partial charge >= 0.3 is 0 Å². The average molecular weight is 184 g/mol. The van der Waals surface area contributed by atoms with Crippen molar-refractivity contribution in [3.05, 3.63) is 32.4 Å². The Morgan fingerprint density at radius 3 is 3.08 bits per heavy atom. The van der Waals surface area contributed by atoms with Crippen LogP contribution in [0.5, 0.6) is 0 Å². The van der Waals surface area contributed by atoms with Crippen LogP contribution in [-0.4, -0.2) is 9.91 Å². The molecule has 0 N–H and O–H groups in total. The van der Waals surface area contributed by atoms with Crippen LogP contribution in [0.1, 0.15) is 18.2 Å². The summed E-state index contributed by atoms with van der Waals surface area (Å²) < 4.78 is 0. The zero-order valence-electron chi connectivity index (χ0n) is 6.56. The number of hydrogen-bond donors (Lipinski definition) is 0. The van der Waals surface area contributed by atoms with E-state index in [-0.39, 0.29) is 10.6 Å². The third-order valence-electron chi connectivity index (χ3n) is 1.36. The van der Waals surface area contributed by atoms with Gasteiger partial charge in [-0.2, -0.15) is 0 Å². The van der Waals surface area contributed by atoms with Crippen molar-refractivity contribution in [2.45, 2.75) is 13.3 Å². The number of allylic oxidation sites excluding steroid dienone is 1. The summed E-state index contributed by atoms with van der Waals surface area (Å²) in [6, 6.07) is 0. The molecular formula is C7H8N2O2S. The predicted molar refractivity (Wildman–Crippen MR) is 47.4 cm³/mol. The van der Waals surface area contributed by atoms with Gasteiger partial charge < -0.3 is 0 Å². The molecule has 1 aromatic rings. The summed E-state index contributed by atoms with van der Waals surface area (Å²) in [5, 5.41) is 10.4. The molecule has 1 heterocycles. The maximum atomic E-state index is 10.4. The molecule has 0 fully saturated rings. The minimum Gasteiger partial charge on any atom is -0.259 e. The Kier molecular flexibility index (Phi) is 2.93. The summed E-state index contributed by atoms with van der Waals surface area (Å²) in [6.45, 7) is 1.76. The Balaban J connectivity index is 2.85. The largest absolute Gasteiger partial charge is 0.259 e. The quantitative estimate of drug-likeness (QED) is 0.534. The van der Waals surface area contributed by atoms with Crippen LogP contribution in [-0.2, 0) is 0 Å². The maximum absolute atomic E-state index is 10.4. The molecule has 1 rings (SSSR count). The van der Waals surface area contributed by atoms with Crippen molar-refractivity contribution in [1.29, 1.82) is 0 Å². The lowest BCUT2D eigenvalue weighted by molar-refractivity contribution is -0.425. The van der Waals surface area contributed by atoms with E-state index in [1.165, 1.54) is 11.3 Å². The Bertz CT molecular complexity index is 292. The van der Waals surface area contributed by atoms with E-state index >= 15 is 0 Å². The third-order valence-corrected chi connectivity index (χ3v) is 2.08. The molecule has 0 amide bonds. The Morgan fingerprint density at radius 1 is 1.92 bits per heavy atom. The number of hydrogen-bond acceptors (Lipinski definition) is 4. The summed E-state index contributed by atoms with van der Waals surface area (Å²) in [5.41, 5.74) is 1.87. The molecular weight excluding hydrogens is 176 g/mol. The van der Waals surface area contributed by atoms with Crippen LogP contribution in [0.4, 0.5) is 0 Å². The highest BCUT2D eigenvalue weighted by atomic mass is 32.1.